The van der Waals surface area contributed by atoms with Crippen LogP contribution in [0.3, 0.4) is 0 Å². The Bertz CT molecular complexity index is 337. The second kappa shape index (κ2) is 6.40. The van der Waals surface area contributed by atoms with Gasteiger partial charge in [-0.25, -0.2) is 0 Å². The van der Waals surface area contributed by atoms with Crippen molar-refractivity contribution in [1.82, 2.24) is 0 Å². The normalized spacial score (nSPS) is 28.3. The maximum absolute atomic E-state index is 12.1. The summed E-state index contributed by atoms with van der Waals surface area (Å²) in [6.07, 6.45) is 2.12. The Morgan fingerprint density at radius 3 is 2.53 bits per heavy atom. The summed E-state index contributed by atoms with van der Waals surface area (Å²) in [6, 6.07) is 0. The average Bonchev–Trinajstić information content (AvgIpc) is 2.65. The highest BCUT2D eigenvalue weighted by Gasteiger charge is 2.53. The predicted molar refractivity (Wildman–Crippen MR) is 72.5 cm³/mol. The van der Waals surface area contributed by atoms with Crippen LogP contribution in [0.5, 0.6) is 0 Å². The van der Waals surface area contributed by atoms with Gasteiger partial charge in [-0.3, -0.25) is 9.59 Å². The van der Waals surface area contributed by atoms with Crippen LogP contribution in [0.25, 0.3) is 0 Å². The van der Waals surface area contributed by atoms with E-state index in [4.69, 9.17) is 9.47 Å². The van der Waals surface area contributed by atoms with Gasteiger partial charge in [-0.1, -0.05) is 41.0 Å². The van der Waals surface area contributed by atoms with Gasteiger partial charge in [-0.15, -0.1) is 0 Å². The molecular formula is C15H26O4. The number of cyclic esters (lactones) is 1. The summed E-state index contributed by atoms with van der Waals surface area (Å²) in [5, 5.41) is 0. The van der Waals surface area contributed by atoms with E-state index in [0.29, 0.717) is 6.42 Å². The van der Waals surface area contributed by atoms with E-state index in [0.717, 1.165) is 12.8 Å². The summed E-state index contributed by atoms with van der Waals surface area (Å²) in [4.78, 5) is 23.8. The molecule has 0 aromatic carbocycles. The fourth-order valence-electron chi connectivity index (χ4n) is 2.65. The van der Waals surface area contributed by atoms with E-state index in [9.17, 15) is 9.59 Å². The average molecular weight is 270 g/mol. The second-order valence-electron chi connectivity index (χ2n) is 5.88. The van der Waals surface area contributed by atoms with Crippen LogP contribution in [0.15, 0.2) is 0 Å². The summed E-state index contributed by atoms with van der Waals surface area (Å²) < 4.78 is 11.1. The fraction of sp³-hybridized carbons (Fsp3) is 0.867. The topological polar surface area (TPSA) is 52.6 Å². The van der Waals surface area contributed by atoms with Crippen LogP contribution in [-0.4, -0.2) is 23.6 Å². The van der Waals surface area contributed by atoms with E-state index < -0.39 is 5.60 Å². The highest BCUT2D eigenvalue weighted by molar-refractivity contribution is 5.77. The highest BCUT2D eigenvalue weighted by Crippen LogP contribution is 2.39. The van der Waals surface area contributed by atoms with Gasteiger partial charge in [0.1, 0.15) is 6.10 Å². The quantitative estimate of drug-likeness (QED) is 0.696. The molecule has 4 nitrogen and oxygen atoms in total. The van der Waals surface area contributed by atoms with Gasteiger partial charge in [0.15, 0.2) is 5.60 Å². The first-order chi connectivity index (χ1) is 8.86. The molecule has 0 radical (unpaired) electrons. The zero-order valence-electron chi connectivity index (χ0n) is 12.7. The third kappa shape index (κ3) is 3.48. The minimum atomic E-state index is -0.763. The van der Waals surface area contributed by atoms with Gasteiger partial charge >= 0.3 is 11.9 Å². The zero-order chi connectivity index (χ0) is 14.6. The Hall–Kier alpha value is -1.06. The zero-order valence-corrected chi connectivity index (χ0v) is 12.7. The first-order valence-corrected chi connectivity index (χ1v) is 7.28. The maximum atomic E-state index is 12.1. The van der Waals surface area contributed by atoms with Gasteiger partial charge in [0, 0.05) is 0 Å². The van der Waals surface area contributed by atoms with Crippen molar-refractivity contribution in [2.24, 2.45) is 11.8 Å². The summed E-state index contributed by atoms with van der Waals surface area (Å²) >= 11 is 0. The van der Waals surface area contributed by atoms with Crippen molar-refractivity contribution in [3.63, 3.8) is 0 Å². The number of hydrogen-bond acceptors (Lipinski definition) is 4. The van der Waals surface area contributed by atoms with Crippen molar-refractivity contribution >= 4 is 11.9 Å². The monoisotopic (exact) mass is 270 g/mol. The van der Waals surface area contributed by atoms with Crippen LogP contribution in [0.2, 0.25) is 0 Å². The molecule has 19 heavy (non-hydrogen) atoms. The molecule has 1 saturated heterocycles. The van der Waals surface area contributed by atoms with Gasteiger partial charge < -0.3 is 9.47 Å². The molecule has 110 valence electrons. The molecule has 0 bridgehead atoms. The van der Waals surface area contributed by atoms with E-state index in [1.54, 1.807) is 0 Å². The van der Waals surface area contributed by atoms with Crippen LogP contribution in [0.1, 0.15) is 60.3 Å². The molecule has 0 aromatic rings. The Balaban J connectivity index is 2.95. The number of carbonyl (C=O) groups excluding carboxylic acids is 2. The van der Waals surface area contributed by atoms with Gasteiger partial charge in [-0.05, 0) is 18.8 Å². The van der Waals surface area contributed by atoms with E-state index in [1.807, 2.05) is 34.6 Å². The molecule has 1 aliphatic heterocycles. The lowest BCUT2D eigenvalue weighted by atomic mass is 9.84. The predicted octanol–water partition coefficient (Wildman–Crippen LogP) is 3.09. The molecule has 3 unspecified atom stereocenters. The van der Waals surface area contributed by atoms with E-state index in [1.165, 1.54) is 0 Å². The van der Waals surface area contributed by atoms with Crippen molar-refractivity contribution in [3.05, 3.63) is 0 Å². The number of hydrogen-bond donors (Lipinski definition) is 0. The largest absolute Gasteiger partial charge is 0.458 e. The molecule has 1 heterocycles. The Kier molecular flexibility index (Phi) is 5.39. The first kappa shape index (κ1) is 16.0. The smallest absolute Gasteiger partial charge is 0.310 e. The van der Waals surface area contributed by atoms with Gasteiger partial charge in [-0.2, -0.15) is 0 Å². The standard InChI is InChI=1S/C15H26O4/c1-6-8-15(19-14(17)11(5)7-2)9-12(16)18-13(15)10(3)4/h10-11,13H,6-9H2,1-5H3. The molecule has 1 rings (SSSR count). The van der Waals surface area contributed by atoms with Crippen molar-refractivity contribution in [2.75, 3.05) is 0 Å². The third-order valence-electron chi connectivity index (χ3n) is 3.82. The van der Waals surface area contributed by atoms with Gasteiger partial charge in [0.2, 0.25) is 0 Å². The van der Waals surface area contributed by atoms with Crippen molar-refractivity contribution in [1.29, 1.82) is 0 Å². The van der Waals surface area contributed by atoms with Gasteiger partial charge in [0.05, 0.1) is 12.3 Å². The summed E-state index contributed by atoms with van der Waals surface area (Å²) in [6.45, 7) is 9.81. The summed E-state index contributed by atoms with van der Waals surface area (Å²) in [5.74, 6) is -0.482. The SMILES string of the molecule is CCCC1(OC(=O)C(C)CC)CC(=O)OC1C(C)C. The van der Waals surface area contributed by atoms with Crippen LogP contribution in [0, 0.1) is 11.8 Å². The van der Waals surface area contributed by atoms with Gasteiger partial charge in [0.25, 0.3) is 0 Å². The molecule has 1 aliphatic rings. The lowest BCUT2D eigenvalue weighted by molar-refractivity contribution is -0.175. The molecule has 0 aromatic heterocycles. The Morgan fingerprint density at radius 2 is 2.05 bits per heavy atom. The number of rotatable bonds is 6. The van der Waals surface area contributed by atoms with E-state index in [2.05, 4.69) is 0 Å². The fourth-order valence-corrected chi connectivity index (χ4v) is 2.65. The molecule has 0 amide bonds. The van der Waals surface area contributed by atoms with Crippen molar-refractivity contribution in [2.45, 2.75) is 72.0 Å². The van der Waals surface area contributed by atoms with E-state index in [-0.39, 0.29) is 36.3 Å². The Labute approximate surface area is 115 Å². The first-order valence-electron chi connectivity index (χ1n) is 7.28. The van der Waals surface area contributed by atoms with Crippen molar-refractivity contribution < 1.29 is 19.1 Å². The minimum absolute atomic E-state index is 0.141. The van der Waals surface area contributed by atoms with Crippen LogP contribution < -0.4 is 0 Å². The number of esters is 2. The molecule has 0 N–H and O–H groups in total. The van der Waals surface area contributed by atoms with Crippen LogP contribution >= 0.6 is 0 Å². The van der Waals surface area contributed by atoms with Crippen LogP contribution in [-0.2, 0) is 19.1 Å². The lowest BCUT2D eigenvalue weighted by Gasteiger charge is -2.35. The molecule has 1 fully saturated rings. The Morgan fingerprint density at radius 1 is 1.42 bits per heavy atom. The highest BCUT2D eigenvalue weighted by atomic mass is 16.6. The summed E-state index contributed by atoms with van der Waals surface area (Å²) in [5.41, 5.74) is -0.763. The lowest BCUT2D eigenvalue weighted by Crippen LogP contribution is -2.46. The molecule has 4 heteroatoms. The van der Waals surface area contributed by atoms with Crippen molar-refractivity contribution in [3.8, 4) is 0 Å². The third-order valence-corrected chi connectivity index (χ3v) is 3.82. The number of carbonyl (C=O) groups is 2. The number of ether oxygens (including phenoxy) is 2. The summed E-state index contributed by atoms with van der Waals surface area (Å²) in [7, 11) is 0. The maximum Gasteiger partial charge on any atom is 0.310 e. The molecule has 0 spiro atoms. The van der Waals surface area contributed by atoms with Crippen LogP contribution in [0.4, 0.5) is 0 Å². The van der Waals surface area contributed by atoms with E-state index >= 15 is 0 Å². The second-order valence-corrected chi connectivity index (χ2v) is 5.88. The molecule has 0 aliphatic carbocycles. The molecule has 3 atom stereocenters. The molecule has 0 saturated carbocycles. The molecular weight excluding hydrogens is 244 g/mol. The minimum Gasteiger partial charge on any atom is -0.458 e.